The van der Waals surface area contributed by atoms with Crippen LogP contribution in [0.25, 0.3) is 11.2 Å². The van der Waals surface area contributed by atoms with Gasteiger partial charge >= 0.3 is 6.18 Å². The Balaban J connectivity index is 1.63. The van der Waals surface area contributed by atoms with Gasteiger partial charge in [-0.05, 0) is 12.8 Å². The highest BCUT2D eigenvalue weighted by atomic mass is 19.4. The summed E-state index contributed by atoms with van der Waals surface area (Å²) in [6, 6.07) is 0.296. The van der Waals surface area contributed by atoms with Gasteiger partial charge in [0.05, 0.1) is 12.7 Å². The molecule has 3 aromatic heterocycles. The fourth-order valence-electron chi connectivity index (χ4n) is 3.03. The number of anilines is 1. The average molecular weight is 337 g/mol. The van der Waals surface area contributed by atoms with E-state index in [1.807, 2.05) is 15.7 Å². The minimum Gasteiger partial charge on any atom is -0.355 e. The van der Waals surface area contributed by atoms with Crippen molar-refractivity contribution in [2.75, 3.05) is 18.0 Å². The van der Waals surface area contributed by atoms with Crippen LogP contribution in [0.2, 0.25) is 0 Å². The standard InChI is InChI=1S/C14H14F3N7/c15-14(16,17)13-21-11-10(19-7-20-11)12(22-13)23-4-1-9(2-5-23)24-6-3-18-8-24/h3,6-9H,1-2,4-5H2,(H,19,20,21,22). The molecule has 0 aliphatic carbocycles. The second-order valence-electron chi connectivity index (χ2n) is 5.70. The van der Waals surface area contributed by atoms with Crippen LogP contribution in [0.15, 0.2) is 25.0 Å². The highest BCUT2D eigenvalue weighted by Gasteiger charge is 2.37. The highest BCUT2D eigenvalue weighted by molar-refractivity contribution is 5.83. The van der Waals surface area contributed by atoms with Gasteiger partial charge in [0.2, 0.25) is 5.82 Å². The van der Waals surface area contributed by atoms with E-state index in [0.29, 0.717) is 24.6 Å². The van der Waals surface area contributed by atoms with E-state index < -0.39 is 12.0 Å². The van der Waals surface area contributed by atoms with Crippen LogP contribution in [0.3, 0.4) is 0 Å². The summed E-state index contributed by atoms with van der Waals surface area (Å²) in [5, 5.41) is 0. The number of imidazole rings is 2. The quantitative estimate of drug-likeness (QED) is 0.777. The van der Waals surface area contributed by atoms with E-state index in [1.54, 1.807) is 12.5 Å². The summed E-state index contributed by atoms with van der Waals surface area (Å²) in [5.74, 6) is -0.900. The predicted octanol–water partition coefficient (Wildman–Crippen LogP) is 2.41. The maximum atomic E-state index is 13.0. The first-order valence-electron chi connectivity index (χ1n) is 7.53. The summed E-state index contributed by atoms with van der Waals surface area (Å²) in [6.45, 7) is 1.20. The van der Waals surface area contributed by atoms with Gasteiger partial charge in [0.15, 0.2) is 11.5 Å². The molecule has 0 atom stereocenters. The van der Waals surface area contributed by atoms with Gasteiger partial charge in [0, 0.05) is 31.5 Å². The molecule has 0 aromatic carbocycles. The highest BCUT2D eigenvalue weighted by Crippen LogP contribution is 2.32. The zero-order chi connectivity index (χ0) is 16.7. The average Bonchev–Trinajstić information content (AvgIpc) is 3.24. The maximum absolute atomic E-state index is 13.0. The molecule has 1 aliphatic rings. The topological polar surface area (TPSA) is 75.5 Å². The van der Waals surface area contributed by atoms with Gasteiger partial charge in [0.1, 0.15) is 5.52 Å². The molecule has 3 aromatic rings. The van der Waals surface area contributed by atoms with Crippen LogP contribution in [0, 0.1) is 0 Å². The zero-order valence-corrected chi connectivity index (χ0v) is 12.5. The monoisotopic (exact) mass is 337 g/mol. The Morgan fingerprint density at radius 3 is 2.62 bits per heavy atom. The van der Waals surface area contributed by atoms with Gasteiger partial charge < -0.3 is 14.5 Å². The minimum absolute atomic E-state index is 0.0315. The van der Waals surface area contributed by atoms with E-state index in [0.717, 1.165) is 12.8 Å². The number of rotatable bonds is 2. The number of halogens is 3. The molecule has 4 rings (SSSR count). The van der Waals surface area contributed by atoms with Gasteiger partial charge in [-0.2, -0.15) is 13.2 Å². The summed E-state index contributed by atoms with van der Waals surface area (Å²) in [5.41, 5.74) is 0.466. The van der Waals surface area contributed by atoms with Crippen LogP contribution in [0.5, 0.6) is 0 Å². The van der Waals surface area contributed by atoms with Crippen LogP contribution in [0.4, 0.5) is 19.0 Å². The normalized spacial score (nSPS) is 16.9. The number of alkyl halides is 3. The Bertz CT molecular complexity index is 832. The summed E-state index contributed by atoms with van der Waals surface area (Å²) < 4.78 is 41.1. The third-order valence-electron chi connectivity index (χ3n) is 4.23. The van der Waals surface area contributed by atoms with Crippen molar-refractivity contribution in [3.05, 3.63) is 30.9 Å². The number of hydrogen-bond donors (Lipinski definition) is 1. The summed E-state index contributed by atoms with van der Waals surface area (Å²) in [4.78, 5) is 19.8. The maximum Gasteiger partial charge on any atom is 0.451 e. The molecule has 10 heteroatoms. The molecule has 0 radical (unpaired) electrons. The Morgan fingerprint density at radius 1 is 1.17 bits per heavy atom. The minimum atomic E-state index is -4.60. The Morgan fingerprint density at radius 2 is 1.96 bits per heavy atom. The van der Waals surface area contributed by atoms with E-state index in [9.17, 15) is 13.2 Å². The van der Waals surface area contributed by atoms with E-state index in [1.165, 1.54) is 6.33 Å². The van der Waals surface area contributed by atoms with Gasteiger partial charge in [-0.1, -0.05) is 0 Å². The molecule has 126 valence electrons. The van der Waals surface area contributed by atoms with Crippen molar-refractivity contribution in [1.29, 1.82) is 0 Å². The third kappa shape index (κ3) is 2.57. The number of piperidine rings is 1. The van der Waals surface area contributed by atoms with Gasteiger partial charge in [-0.3, -0.25) is 0 Å². The van der Waals surface area contributed by atoms with Crippen molar-refractivity contribution in [1.82, 2.24) is 29.5 Å². The molecule has 1 saturated heterocycles. The summed E-state index contributed by atoms with van der Waals surface area (Å²) >= 11 is 0. The third-order valence-corrected chi connectivity index (χ3v) is 4.23. The predicted molar refractivity (Wildman–Crippen MR) is 79.4 cm³/mol. The second-order valence-corrected chi connectivity index (χ2v) is 5.70. The van der Waals surface area contributed by atoms with Crippen molar-refractivity contribution in [3.8, 4) is 0 Å². The largest absolute Gasteiger partial charge is 0.451 e. The number of nitrogens with one attached hydrogen (secondary N) is 1. The fraction of sp³-hybridized carbons (Fsp3) is 0.429. The molecule has 0 unspecified atom stereocenters. The van der Waals surface area contributed by atoms with Gasteiger partial charge in [-0.15, -0.1) is 0 Å². The summed E-state index contributed by atoms with van der Waals surface area (Å²) in [7, 11) is 0. The Labute approximate surface area is 134 Å². The zero-order valence-electron chi connectivity index (χ0n) is 12.5. The molecule has 0 bridgehead atoms. The van der Waals surface area contributed by atoms with E-state index >= 15 is 0 Å². The lowest BCUT2D eigenvalue weighted by Gasteiger charge is -2.33. The molecule has 1 fully saturated rings. The molecule has 0 spiro atoms. The van der Waals surface area contributed by atoms with Crippen LogP contribution >= 0.6 is 0 Å². The smallest absolute Gasteiger partial charge is 0.355 e. The van der Waals surface area contributed by atoms with Crippen LogP contribution in [0.1, 0.15) is 24.7 Å². The molecule has 24 heavy (non-hydrogen) atoms. The second kappa shape index (κ2) is 5.46. The number of aromatic amines is 1. The van der Waals surface area contributed by atoms with Gasteiger partial charge in [-0.25, -0.2) is 19.9 Å². The summed E-state index contributed by atoms with van der Waals surface area (Å²) in [6.07, 6.45) is 3.73. The first-order valence-corrected chi connectivity index (χ1v) is 7.53. The first kappa shape index (κ1) is 14.9. The fourth-order valence-corrected chi connectivity index (χ4v) is 3.03. The van der Waals surface area contributed by atoms with Crippen LogP contribution in [-0.4, -0.2) is 42.6 Å². The van der Waals surface area contributed by atoms with Crippen LogP contribution < -0.4 is 4.90 Å². The van der Waals surface area contributed by atoms with Crippen LogP contribution in [-0.2, 0) is 6.18 Å². The molecule has 1 aliphatic heterocycles. The Hall–Kier alpha value is -2.65. The number of aromatic nitrogens is 6. The number of H-pyrrole nitrogens is 1. The van der Waals surface area contributed by atoms with E-state index in [-0.39, 0.29) is 11.5 Å². The molecular formula is C14H14F3N7. The van der Waals surface area contributed by atoms with Gasteiger partial charge in [0.25, 0.3) is 0 Å². The lowest BCUT2D eigenvalue weighted by Crippen LogP contribution is -2.35. The number of fused-ring (bicyclic) bond motifs is 1. The molecular weight excluding hydrogens is 323 g/mol. The van der Waals surface area contributed by atoms with Crippen molar-refractivity contribution >= 4 is 17.0 Å². The van der Waals surface area contributed by atoms with Crippen molar-refractivity contribution in [3.63, 3.8) is 0 Å². The van der Waals surface area contributed by atoms with E-state index in [4.69, 9.17) is 0 Å². The lowest BCUT2D eigenvalue weighted by molar-refractivity contribution is -0.144. The number of hydrogen-bond acceptors (Lipinski definition) is 5. The SMILES string of the molecule is FC(F)(F)c1nc(N2CCC(n3ccnc3)CC2)c2[nH]cnc2n1. The number of nitrogens with zero attached hydrogens (tertiary/aromatic N) is 6. The lowest BCUT2D eigenvalue weighted by atomic mass is 10.0. The molecule has 4 heterocycles. The van der Waals surface area contributed by atoms with Crippen molar-refractivity contribution in [2.24, 2.45) is 0 Å². The first-order chi connectivity index (χ1) is 11.5. The molecule has 7 nitrogen and oxygen atoms in total. The van der Waals surface area contributed by atoms with E-state index in [2.05, 4.69) is 24.9 Å². The Kier molecular flexibility index (Phi) is 3.39. The molecule has 0 saturated carbocycles. The van der Waals surface area contributed by atoms with Crippen molar-refractivity contribution in [2.45, 2.75) is 25.1 Å². The molecule has 0 amide bonds. The molecule has 1 N–H and O–H groups in total. The van der Waals surface area contributed by atoms with Crippen molar-refractivity contribution < 1.29 is 13.2 Å².